The van der Waals surface area contributed by atoms with Gasteiger partial charge in [-0.2, -0.15) is 57.9 Å². The van der Waals surface area contributed by atoms with E-state index in [2.05, 4.69) is 6.07 Å². The first-order chi connectivity index (χ1) is 39.7. The van der Waals surface area contributed by atoms with E-state index in [0.717, 1.165) is 48.5 Å². The number of hydrogen-bond acceptors (Lipinski definition) is 2. The topological polar surface area (TPSA) is 46.5 Å². The monoisotopic (exact) mass is 1140 g/mol. The van der Waals surface area contributed by atoms with Crippen LogP contribution in [0.1, 0.15) is 50.1 Å². The Morgan fingerprint density at radius 1 is 0.345 bits per heavy atom. The molecule has 0 bridgehead atoms. The van der Waals surface area contributed by atoms with Crippen molar-refractivity contribution in [1.29, 1.82) is 5.26 Å². The van der Waals surface area contributed by atoms with E-state index in [9.17, 15) is 57.9 Å². The van der Waals surface area contributed by atoms with Crippen LogP contribution in [-0.4, -0.2) is 14.1 Å². The Morgan fingerprint density at radius 3 is 0.905 bits per heavy atom. The maximum absolute atomic E-state index is 14.4. The Balaban J connectivity index is 1.23. The molecule has 0 radical (unpaired) electrons. The summed E-state index contributed by atoms with van der Waals surface area (Å²) in [7, 11) is 0. The van der Waals surface area contributed by atoms with Crippen LogP contribution in [0, 0.1) is 39.0 Å². The highest BCUT2D eigenvalue weighted by Crippen LogP contribution is 2.47. The highest BCUT2D eigenvalue weighted by molar-refractivity contribution is 6.14. The van der Waals surface area contributed by atoms with Crippen LogP contribution in [0.5, 0.6) is 0 Å². The largest absolute Gasteiger partial charge is 0.416 e. The molecule has 0 spiro atoms. The van der Waals surface area contributed by atoms with Gasteiger partial charge in [0.25, 0.3) is 0 Å². The smallest absolute Gasteiger partial charge is 0.307 e. The zero-order valence-corrected chi connectivity index (χ0v) is 44.6. The molecular weight excluding hydrogens is 1100 g/mol. The van der Waals surface area contributed by atoms with Gasteiger partial charge in [-0.1, -0.05) is 91.0 Å². The van der Waals surface area contributed by atoms with Crippen LogP contribution in [0.2, 0.25) is 0 Å². The van der Waals surface area contributed by atoms with Gasteiger partial charge in [0.2, 0.25) is 0 Å². The van der Waals surface area contributed by atoms with Crippen molar-refractivity contribution >= 4 is 43.6 Å². The Morgan fingerprint density at radius 2 is 0.631 bits per heavy atom. The summed E-state index contributed by atoms with van der Waals surface area (Å²) in [5.74, 6) is 0. The van der Waals surface area contributed by atoms with Crippen LogP contribution < -0.4 is 0 Å². The molecule has 3 heterocycles. The van der Waals surface area contributed by atoms with Gasteiger partial charge in [0, 0.05) is 32.7 Å². The summed E-state index contributed by atoms with van der Waals surface area (Å²) >= 11 is 0. The van der Waals surface area contributed by atoms with Crippen molar-refractivity contribution in [2.75, 3.05) is 0 Å². The molecular formula is C68H42F12N4. The third kappa shape index (κ3) is 9.86. The molecule has 16 heteroatoms. The quantitative estimate of drug-likeness (QED) is 0.149. The summed E-state index contributed by atoms with van der Waals surface area (Å²) in [6, 6.07) is 44.2. The highest BCUT2D eigenvalue weighted by Gasteiger charge is 2.35. The molecule has 3 aromatic heterocycles. The molecule has 0 fully saturated rings. The van der Waals surface area contributed by atoms with E-state index in [1.807, 2.05) is 0 Å². The molecule has 418 valence electrons. The molecule has 0 unspecified atom stereocenters. The summed E-state index contributed by atoms with van der Waals surface area (Å²) < 4.78 is 177. The van der Waals surface area contributed by atoms with Crippen molar-refractivity contribution < 1.29 is 52.7 Å². The van der Waals surface area contributed by atoms with Gasteiger partial charge >= 0.3 is 24.7 Å². The minimum Gasteiger partial charge on any atom is -0.307 e. The average Bonchev–Trinajstić information content (AvgIpc) is 3.02. The maximum atomic E-state index is 14.4. The molecule has 9 aromatic carbocycles. The number of nitriles is 1. The first-order valence-corrected chi connectivity index (χ1v) is 26.1. The molecule has 0 saturated carbocycles. The van der Waals surface area contributed by atoms with Gasteiger partial charge in [-0.3, -0.25) is 4.98 Å². The van der Waals surface area contributed by atoms with Crippen molar-refractivity contribution in [1.82, 2.24) is 14.1 Å². The zero-order chi connectivity index (χ0) is 59.5. The fraction of sp³-hybridized carbons (Fsp3) is 0.118. The zero-order valence-electron chi connectivity index (χ0n) is 44.6. The van der Waals surface area contributed by atoms with Gasteiger partial charge in [0.1, 0.15) is 0 Å². The second kappa shape index (κ2) is 19.8. The van der Waals surface area contributed by atoms with Crippen LogP contribution in [0.25, 0.3) is 111 Å². The minimum atomic E-state index is -4.69. The van der Waals surface area contributed by atoms with Gasteiger partial charge in [-0.25, -0.2) is 0 Å². The predicted octanol–water partition coefficient (Wildman–Crippen LogP) is 20.8. The first-order valence-electron chi connectivity index (χ1n) is 26.1. The maximum Gasteiger partial charge on any atom is 0.416 e. The highest BCUT2D eigenvalue weighted by atomic mass is 19.4. The van der Waals surface area contributed by atoms with Gasteiger partial charge in [0.15, 0.2) is 0 Å². The summed E-state index contributed by atoms with van der Waals surface area (Å²) in [6.07, 6.45) is -15.7. The molecule has 0 atom stereocenters. The van der Waals surface area contributed by atoms with Gasteiger partial charge in [0.05, 0.1) is 79.7 Å². The van der Waals surface area contributed by atoms with E-state index in [1.54, 1.807) is 158 Å². The van der Waals surface area contributed by atoms with Crippen molar-refractivity contribution in [2.24, 2.45) is 0 Å². The molecule has 12 aromatic rings. The Kier molecular flexibility index (Phi) is 12.9. The normalized spacial score (nSPS) is 12.5. The van der Waals surface area contributed by atoms with Crippen molar-refractivity contribution in [2.45, 2.75) is 52.4 Å². The van der Waals surface area contributed by atoms with Crippen molar-refractivity contribution in [3.63, 3.8) is 0 Å². The number of halogens is 12. The fourth-order valence-electron chi connectivity index (χ4n) is 11.6. The summed E-state index contributed by atoms with van der Waals surface area (Å²) in [5.41, 5.74) is 3.21. The molecule has 0 aliphatic rings. The van der Waals surface area contributed by atoms with Crippen LogP contribution in [0.15, 0.2) is 182 Å². The molecule has 84 heavy (non-hydrogen) atoms. The van der Waals surface area contributed by atoms with Crippen LogP contribution >= 0.6 is 0 Å². The lowest BCUT2D eigenvalue weighted by molar-refractivity contribution is -0.138. The number of alkyl halides is 12. The second-order valence-corrected chi connectivity index (χ2v) is 21.2. The lowest BCUT2D eigenvalue weighted by Crippen LogP contribution is -2.06. The number of benzene rings is 9. The molecule has 0 aliphatic carbocycles. The molecule has 0 N–H and O–H groups in total. The molecule has 4 nitrogen and oxygen atoms in total. The van der Waals surface area contributed by atoms with Crippen molar-refractivity contribution in [3.8, 4) is 73.1 Å². The SMILES string of the molecule is Cc1cc(-c2ccc3c4ccc(-c5cc(C)cc(C(F)(F)F)c5)cc4n(-c4cncc(-n5c6cc(-c7cc(C)cc(C(F)(F)F)c7)ccc6c6ccc(-c7cc(C)cc(C(F)(F)F)c7)cc65)c4-c4ccccc4C#N)c3c2)cc(C(F)(F)F)c1. The number of nitrogens with zero attached hydrogens (tertiary/aromatic N) is 4. The summed E-state index contributed by atoms with van der Waals surface area (Å²) in [4.78, 5) is 4.86. The van der Waals surface area contributed by atoms with Crippen molar-refractivity contribution in [3.05, 3.63) is 232 Å². The molecule has 0 saturated heterocycles. The number of pyridine rings is 1. The Hall–Kier alpha value is -9.62. The van der Waals surface area contributed by atoms with Gasteiger partial charge in [-0.05, 0) is 173 Å². The third-order valence-electron chi connectivity index (χ3n) is 15.2. The Bertz CT molecular complexity index is 4230. The average molecular weight is 1140 g/mol. The van der Waals surface area contributed by atoms with E-state index in [-0.39, 0.29) is 39.2 Å². The second-order valence-electron chi connectivity index (χ2n) is 21.2. The third-order valence-corrected chi connectivity index (χ3v) is 15.2. The van der Waals surface area contributed by atoms with E-state index < -0.39 is 47.0 Å². The number of hydrogen-bond donors (Lipinski definition) is 0. The molecule has 0 amide bonds. The standard InChI is InChI=1S/C68H42F12N4/c1-36-17-45(25-49(21-36)65(69,70)71)40-9-13-54-55-14-10-41(46-18-37(2)22-50(26-46)66(72,73)74)30-59(55)83(58(54)29-40)62-34-82-35-63(64(62)53-8-6-5-7-44(53)33-81)84-60-31-42(47-19-38(3)23-51(27-47)67(75,76)77)11-15-56(60)57-16-12-43(32-61(57)84)48-20-39(4)24-52(28-48)68(78,79)80/h5-32,34-35H,1-4H3. The van der Waals surface area contributed by atoms with E-state index in [1.165, 1.54) is 12.4 Å². The van der Waals surface area contributed by atoms with Gasteiger partial charge < -0.3 is 9.13 Å². The summed E-state index contributed by atoms with van der Waals surface area (Å²) in [5, 5.41) is 13.3. The number of rotatable bonds is 7. The lowest BCUT2D eigenvalue weighted by atomic mass is 9.97. The van der Waals surface area contributed by atoms with E-state index in [0.29, 0.717) is 99.2 Å². The lowest BCUT2D eigenvalue weighted by Gasteiger charge is -2.21. The Labute approximate surface area is 471 Å². The number of aromatic nitrogens is 3. The van der Waals surface area contributed by atoms with Crippen LogP contribution in [0.3, 0.4) is 0 Å². The minimum absolute atomic E-state index is 0.160. The predicted molar refractivity (Wildman–Crippen MR) is 304 cm³/mol. The molecule has 0 aliphatic heterocycles. The van der Waals surface area contributed by atoms with E-state index >= 15 is 0 Å². The number of aryl methyl sites for hydroxylation is 4. The fourth-order valence-corrected chi connectivity index (χ4v) is 11.6. The van der Waals surface area contributed by atoms with Gasteiger partial charge in [-0.15, -0.1) is 0 Å². The van der Waals surface area contributed by atoms with E-state index in [4.69, 9.17) is 4.98 Å². The van der Waals surface area contributed by atoms with Crippen LogP contribution in [0.4, 0.5) is 52.7 Å². The molecule has 12 rings (SSSR count). The number of fused-ring (bicyclic) bond motifs is 6. The van der Waals surface area contributed by atoms with Crippen LogP contribution in [-0.2, 0) is 24.7 Å². The summed E-state index contributed by atoms with van der Waals surface area (Å²) in [6.45, 7) is 6.18. The first kappa shape index (κ1) is 54.9.